The van der Waals surface area contributed by atoms with Crippen LogP contribution in [0.5, 0.6) is 11.5 Å². The largest absolute Gasteiger partial charge is 0.493 e. The van der Waals surface area contributed by atoms with Gasteiger partial charge in [0.05, 0.1) is 20.9 Å². The van der Waals surface area contributed by atoms with Crippen LogP contribution in [0.1, 0.15) is 49.7 Å². The molecule has 1 saturated heterocycles. The van der Waals surface area contributed by atoms with Crippen molar-refractivity contribution in [3.8, 4) is 11.5 Å². The molecular weight excluding hydrogens is 358 g/mol. The van der Waals surface area contributed by atoms with Gasteiger partial charge >= 0.3 is 6.03 Å². The van der Waals surface area contributed by atoms with Gasteiger partial charge in [0.25, 0.3) is 5.91 Å². The van der Waals surface area contributed by atoms with Crippen LogP contribution < -0.4 is 14.8 Å². The van der Waals surface area contributed by atoms with E-state index in [9.17, 15) is 9.59 Å². The van der Waals surface area contributed by atoms with E-state index in [1.54, 1.807) is 14.2 Å². The van der Waals surface area contributed by atoms with E-state index < -0.39 is 5.54 Å². The summed E-state index contributed by atoms with van der Waals surface area (Å²) in [4.78, 5) is 28.9. The second-order valence-electron chi connectivity index (χ2n) is 7.95. The molecule has 7 nitrogen and oxygen atoms in total. The van der Waals surface area contributed by atoms with Crippen molar-refractivity contribution >= 4 is 11.9 Å². The Morgan fingerprint density at radius 2 is 1.68 bits per heavy atom. The van der Waals surface area contributed by atoms with Crippen LogP contribution in [0.15, 0.2) is 12.1 Å². The predicted octanol–water partition coefficient (Wildman–Crippen LogP) is 3.05. The van der Waals surface area contributed by atoms with Crippen molar-refractivity contribution in [2.75, 3.05) is 27.9 Å². The standard InChI is InChI=1S/C21H31N3O4/c1-15-11-17(27-3)18(28-4)12-16(15)13-23(2)14-24-19(25)21(22-20(24)26)9-7-5-6-8-10-21/h11-12H,5-10,13-14H2,1-4H3,(H,22,26). The van der Waals surface area contributed by atoms with Crippen LogP contribution in [0.25, 0.3) is 0 Å². The third-order valence-corrected chi connectivity index (χ3v) is 5.87. The Hall–Kier alpha value is -2.28. The van der Waals surface area contributed by atoms with Crippen molar-refractivity contribution in [1.29, 1.82) is 0 Å². The van der Waals surface area contributed by atoms with Gasteiger partial charge in [-0.3, -0.25) is 9.69 Å². The Morgan fingerprint density at radius 1 is 1.07 bits per heavy atom. The molecule has 1 aliphatic carbocycles. The van der Waals surface area contributed by atoms with Gasteiger partial charge in [-0.1, -0.05) is 25.7 Å². The number of urea groups is 1. The van der Waals surface area contributed by atoms with Gasteiger partial charge in [0.2, 0.25) is 0 Å². The van der Waals surface area contributed by atoms with Crippen LogP contribution in [0, 0.1) is 6.92 Å². The number of benzene rings is 1. The molecule has 7 heteroatoms. The molecule has 1 aliphatic heterocycles. The highest BCUT2D eigenvalue weighted by molar-refractivity contribution is 6.07. The first-order valence-corrected chi connectivity index (χ1v) is 9.94. The molecular formula is C21H31N3O4. The van der Waals surface area contributed by atoms with Crippen LogP contribution in [0.3, 0.4) is 0 Å². The van der Waals surface area contributed by atoms with E-state index in [1.165, 1.54) is 4.90 Å². The second kappa shape index (κ2) is 8.39. The minimum absolute atomic E-state index is 0.0738. The van der Waals surface area contributed by atoms with E-state index in [2.05, 4.69) is 5.32 Å². The van der Waals surface area contributed by atoms with Gasteiger partial charge in [-0.15, -0.1) is 0 Å². The lowest BCUT2D eigenvalue weighted by Crippen LogP contribution is -2.47. The van der Waals surface area contributed by atoms with Crippen molar-refractivity contribution in [3.05, 3.63) is 23.3 Å². The molecule has 0 atom stereocenters. The number of hydrogen-bond donors (Lipinski definition) is 1. The summed E-state index contributed by atoms with van der Waals surface area (Å²) in [6, 6.07) is 3.61. The molecule has 3 amide bonds. The van der Waals surface area contributed by atoms with Crippen molar-refractivity contribution in [2.45, 2.75) is 57.5 Å². The fraction of sp³-hybridized carbons (Fsp3) is 0.619. The monoisotopic (exact) mass is 389 g/mol. The highest BCUT2D eigenvalue weighted by atomic mass is 16.5. The lowest BCUT2D eigenvalue weighted by molar-refractivity contribution is -0.133. The quantitative estimate of drug-likeness (QED) is 0.757. The number of aryl methyl sites for hydroxylation is 1. The minimum Gasteiger partial charge on any atom is -0.493 e. The van der Waals surface area contributed by atoms with Gasteiger partial charge in [0, 0.05) is 6.54 Å². The van der Waals surface area contributed by atoms with Gasteiger partial charge in [-0.05, 0) is 50.1 Å². The van der Waals surface area contributed by atoms with E-state index in [4.69, 9.17) is 9.47 Å². The van der Waals surface area contributed by atoms with Gasteiger partial charge < -0.3 is 14.8 Å². The number of ether oxygens (including phenoxy) is 2. The van der Waals surface area contributed by atoms with Gasteiger partial charge in [-0.25, -0.2) is 9.69 Å². The number of nitrogens with zero attached hydrogens (tertiary/aromatic N) is 2. The van der Waals surface area contributed by atoms with Crippen LogP contribution in [0.2, 0.25) is 0 Å². The molecule has 1 heterocycles. The number of methoxy groups -OCH3 is 2. The fourth-order valence-corrected chi connectivity index (χ4v) is 4.25. The highest BCUT2D eigenvalue weighted by Gasteiger charge is 2.50. The fourth-order valence-electron chi connectivity index (χ4n) is 4.25. The molecule has 1 saturated carbocycles. The van der Waals surface area contributed by atoms with Gasteiger partial charge in [-0.2, -0.15) is 0 Å². The number of carbonyl (C=O) groups excluding carboxylic acids is 2. The summed E-state index contributed by atoms with van der Waals surface area (Å²) in [6.07, 6.45) is 5.72. The molecule has 1 aromatic carbocycles. The third kappa shape index (κ3) is 3.94. The van der Waals surface area contributed by atoms with Crippen molar-refractivity contribution in [3.63, 3.8) is 0 Å². The molecule has 1 N–H and O–H groups in total. The molecule has 154 valence electrons. The zero-order valence-corrected chi connectivity index (χ0v) is 17.3. The Bertz CT molecular complexity index is 741. The van der Waals surface area contributed by atoms with Gasteiger partial charge in [0.1, 0.15) is 5.54 Å². The molecule has 0 unspecified atom stereocenters. The lowest BCUT2D eigenvalue weighted by Gasteiger charge is -2.26. The zero-order chi connectivity index (χ0) is 20.3. The maximum Gasteiger partial charge on any atom is 0.326 e. The van der Waals surface area contributed by atoms with Crippen LogP contribution in [-0.2, 0) is 11.3 Å². The van der Waals surface area contributed by atoms with Gasteiger partial charge in [0.15, 0.2) is 11.5 Å². The molecule has 2 aliphatic rings. The Morgan fingerprint density at radius 3 is 2.29 bits per heavy atom. The van der Waals surface area contributed by atoms with E-state index in [0.29, 0.717) is 18.0 Å². The Balaban J connectivity index is 1.70. The summed E-state index contributed by atoms with van der Waals surface area (Å²) in [5.74, 6) is 1.29. The first kappa shape index (κ1) is 20.5. The van der Waals surface area contributed by atoms with E-state index in [0.717, 1.165) is 49.7 Å². The Kier molecular flexibility index (Phi) is 6.13. The number of hydrogen-bond acceptors (Lipinski definition) is 5. The molecule has 0 aromatic heterocycles. The third-order valence-electron chi connectivity index (χ3n) is 5.87. The molecule has 0 radical (unpaired) electrons. The molecule has 28 heavy (non-hydrogen) atoms. The number of imide groups is 1. The minimum atomic E-state index is -0.687. The first-order chi connectivity index (χ1) is 13.4. The molecule has 0 bridgehead atoms. The lowest BCUT2D eigenvalue weighted by atomic mass is 9.90. The normalized spacial score (nSPS) is 19.1. The topological polar surface area (TPSA) is 71.1 Å². The smallest absolute Gasteiger partial charge is 0.326 e. The predicted molar refractivity (Wildman–Crippen MR) is 106 cm³/mol. The summed E-state index contributed by atoms with van der Waals surface area (Å²) in [5.41, 5.74) is 1.45. The van der Waals surface area contributed by atoms with Crippen molar-refractivity contribution in [2.24, 2.45) is 0 Å². The second-order valence-corrected chi connectivity index (χ2v) is 7.95. The summed E-state index contributed by atoms with van der Waals surface area (Å²) < 4.78 is 10.7. The number of carbonyl (C=O) groups is 2. The van der Waals surface area contributed by atoms with Crippen molar-refractivity contribution in [1.82, 2.24) is 15.1 Å². The zero-order valence-electron chi connectivity index (χ0n) is 17.3. The molecule has 2 fully saturated rings. The maximum absolute atomic E-state index is 13.1. The Labute approximate surface area is 167 Å². The average Bonchev–Trinajstić information content (AvgIpc) is 2.84. The molecule has 1 spiro atoms. The van der Waals surface area contributed by atoms with E-state index >= 15 is 0 Å². The summed E-state index contributed by atoms with van der Waals surface area (Å²) in [6.45, 7) is 2.87. The summed E-state index contributed by atoms with van der Waals surface area (Å²) in [5, 5.41) is 3.00. The molecule has 1 aromatic rings. The SMILES string of the molecule is COc1cc(C)c(CN(C)CN2C(=O)NC3(CCCCCC3)C2=O)cc1OC. The van der Waals surface area contributed by atoms with Crippen LogP contribution in [0.4, 0.5) is 4.79 Å². The molecule has 3 rings (SSSR count). The number of nitrogens with one attached hydrogen (secondary N) is 1. The number of amides is 3. The van der Waals surface area contributed by atoms with Crippen molar-refractivity contribution < 1.29 is 19.1 Å². The first-order valence-electron chi connectivity index (χ1n) is 9.94. The van der Waals surface area contributed by atoms with E-state index in [-0.39, 0.29) is 18.6 Å². The van der Waals surface area contributed by atoms with E-state index in [1.807, 2.05) is 31.0 Å². The van der Waals surface area contributed by atoms with Crippen LogP contribution >= 0.6 is 0 Å². The summed E-state index contributed by atoms with van der Waals surface area (Å²) in [7, 11) is 5.14. The average molecular weight is 389 g/mol. The van der Waals surface area contributed by atoms with Crippen LogP contribution in [-0.4, -0.2) is 55.2 Å². The maximum atomic E-state index is 13.1. The highest BCUT2D eigenvalue weighted by Crippen LogP contribution is 2.33. The number of rotatable bonds is 6. The summed E-state index contributed by atoms with van der Waals surface area (Å²) >= 11 is 0.